The lowest BCUT2D eigenvalue weighted by Gasteiger charge is -2.17. The van der Waals surface area contributed by atoms with E-state index in [-0.39, 0.29) is 0 Å². The average Bonchev–Trinajstić information content (AvgIpc) is 2.88. The summed E-state index contributed by atoms with van der Waals surface area (Å²) >= 11 is 0. The normalized spacial score (nSPS) is 13.6. The summed E-state index contributed by atoms with van der Waals surface area (Å²) in [6, 6.07) is 27.1. The third kappa shape index (κ3) is 6.03. The number of benzene rings is 3. The van der Waals surface area contributed by atoms with Crippen LogP contribution >= 0.6 is 0 Å². The van der Waals surface area contributed by atoms with Gasteiger partial charge in [-0.3, -0.25) is 4.98 Å². The molecule has 0 fully saturated rings. The molecular formula is C31H31F3N2. The highest BCUT2D eigenvalue weighted by molar-refractivity contribution is 5.60. The van der Waals surface area contributed by atoms with Crippen molar-refractivity contribution in [2.75, 3.05) is 0 Å². The highest BCUT2D eigenvalue weighted by Gasteiger charge is 2.30. The summed E-state index contributed by atoms with van der Waals surface area (Å²) in [5.74, 6) is 0.848. The van der Waals surface area contributed by atoms with Gasteiger partial charge >= 0.3 is 6.18 Å². The van der Waals surface area contributed by atoms with Crippen LogP contribution in [0.25, 0.3) is 11.3 Å². The molecule has 0 aliphatic heterocycles. The molecule has 1 aromatic heterocycles. The number of alkyl halides is 3. The van der Waals surface area contributed by atoms with Crippen LogP contribution < -0.4 is 5.73 Å². The Bertz CT molecular complexity index is 1310. The smallest absolute Gasteiger partial charge is 0.319 e. The topological polar surface area (TPSA) is 38.9 Å². The number of aromatic nitrogens is 1. The number of rotatable bonds is 7. The van der Waals surface area contributed by atoms with Gasteiger partial charge in [-0.2, -0.15) is 13.2 Å². The fraction of sp³-hybridized carbons (Fsp3) is 0.258. The number of halogens is 3. The Kier molecular flexibility index (Phi) is 7.60. The summed E-state index contributed by atoms with van der Waals surface area (Å²) in [5, 5.41) is 0. The molecule has 0 amide bonds. The maximum atomic E-state index is 12.9. The van der Waals surface area contributed by atoms with Gasteiger partial charge in [-0.15, -0.1) is 0 Å². The first-order valence-corrected chi connectivity index (χ1v) is 12.2. The minimum Gasteiger partial charge on any atom is -0.319 e. The summed E-state index contributed by atoms with van der Waals surface area (Å²) in [4.78, 5) is 4.67. The second-order valence-electron chi connectivity index (χ2n) is 9.68. The van der Waals surface area contributed by atoms with Gasteiger partial charge in [0.25, 0.3) is 0 Å². The number of pyridine rings is 1. The van der Waals surface area contributed by atoms with E-state index in [4.69, 9.17) is 5.73 Å². The Labute approximate surface area is 211 Å². The minimum atomic E-state index is -4.37. The zero-order valence-electron chi connectivity index (χ0n) is 20.8. The lowest BCUT2D eigenvalue weighted by molar-refractivity contribution is -0.137. The summed E-state index contributed by atoms with van der Waals surface area (Å²) in [6.07, 6.45) is -3.48. The Morgan fingerprint density at radius 3 is 2.08 bits per heavy atom. The lowest BCUT2D eigenvalue weighted by Crippen LogP contribution is -2.14. The molecule has 0 aliphatic carbocycles. The van der Waals surface area contributed by atoms with Crippen LogP contribution in [0.15, 0.2) is 91.0 Å². The molecule has 4 rings (SSSR count). The average molecular weight is 489 g/mol. The molecule has 0 saturated carbocycles. The molecule has 0 saturated heterocycles. The number of hydrogen-bond donors (Lipinski definition) is 1. The maximum absolute atomic E-state index is 12.9. The van der Waals surface area contributed by atoms with Gasteiger partial charge in [0.15, 0.2) is 0 Å². The molecule has 5 heteroatoms. The first-order chi connectivity index (χ1) is 17.1. The third-order valence-electron chi connectivity index (χ3n) is 6.60. The summed E-state index contributed by atoms with van der Waals surface area (Å²) < 4.78 is 38.7. The quantitative estimate of drug-likeness (QED) is 0.284. The Balaban J connectivity index is 1.52. The predicted molar refractivity (Wildman–Crippen MR) is 140 cm³/mol. The van der Waals surface area contributed by atoms with Crippen molar-refractivity contribution in [3.63, 3.8) is 0 Å². The van der Waals surface area contributed by atoms with Crippen molar-refractivity contribution < 1.29 is 13.2 Å². The van der Waals surface area contributed by atoms with E-state index in [1.54, 1.807) is 6.07 Å². The van der Waals surface area contributed by atoms with E-state index < -0.39 is 17.8 Å². The SMILES string of the molecule is CC(C)c1cccc(C(C)Cc2cccc(C(N)c3cccc(-c4ccc(C(F)(F)F)cc4)n3)c2)c1. The highest BCUT2D eigenvalue weighted by atomic mass is 19.4. The van der Waals surface area contributed by atoms with E-state index in [2.05, 4.69) is 62.2 Å². The van der Waals surface area contributed by atoms with Crippen LogP contribution in [0.3, 0.4) is 0 Å². The van der Waals surface area contributed by atoms with Crippen LogP contribution in [-0.4, -0.2) is 4.98 Å². The van der Waals surface area contributed by atoms with Crippen LogP contribution in [0.4, 0.5) is 13.2 Å². The molecular weight excluding hydrogens is 457 g/mol. The monoisotopic (exact) mass is 488 g/mol. The van der Waals surface area contributed by atoms with Crippen LogP contribution in [0.5, 0.6) is 0 Å². The van der Waals surface area contributed by atoms with E-state index in [9.17, 15) is 13.2 Å². The molecule has 36 heavy (non-hydrogen) atoms. The van der Waals surface area contributed by atoms with Crippen molar-refractivity contribution >= 4 is 0 Å². The Hall–Kier alpha value is -3.44. The molecule has 2 atom stereocenters. The fourth-order valence-corrected chi connectivity index (χ4v) is 4.40. The zero-order valence-corrected chi connectivity index (χ0v) is 20.8. The molecule has 3 aromatic carbocycles. The van der Waals surface area contributed by atoms with E-state index in [0.717, 1.165) is 24.1 Å². The van der Waals surface area contributed by atoms with E-state index in [1.807, 2.05) is 24.3 Å². The van der Waals surface area contributed by atoms with E-state index >= 15 is 0 Å². The largest absolute Gasteiger partial charge is 0.416 e. The van der Waals surface area contributed by atoms with Gasteiger partial charge in [-0.25, -0.2) is 0 Å². The second kappa shape index (κ2) is 10.7. The lowest BCUT2D eigenvalue weighted by atomic mass is 9.89. The van der Waals surface area contributed by atoms with Crippen molar-refractivity contribution in [3.8, 4) is 11.3 Å². The van der Waals surface area contributed by atoms with Gasteiger partial charge in [0.05, 0.1) is 23.0 Å². The van der Waals surface area contributed by atoms with Gasteiger partial charge in [-0.05, 0) is 64.8 Å². The number of hydrogen-bond acceptors (Lipinski definition) is 2. The first-order valence-electron chi connectivity index (χ1n) is 12.2. The van der Waals surface area contributed by atoms with Gasteiger partial charge in [-0.1, -0.05) is 87.5 Å². The summed E-state index contributed by atoms with van der Waals surface area (Å²) in [6.45, 7) is 6.64. The van der Waals surface area contributed by atoms with Gasteiger partial charge in [0.1, 0.15) is 0 Å². The molecule has 0 bridgehead atoms. The second-order valence-corrected chi connectivity index (χ2v) is 9.68. The maximum Gasteiger partial charge on any atom is 0.416 e. The van der Waals surface area contributed by atoms with Crippen molar-refractivity contribution in [2.24, 2.45) is 5.73 Å². The molecule has 0 radical (unpaired) electrons. The Morgan fingerprint density at radius 2 is 1.39 bits per heavy atom. The molecule has 0 aliphatic rings. The number of nitrogens with two attached hydrogens (primary N) is 1. The third-order valence-corrected chi connectivity index (χ3v) is 6.60. The van der Waals surface area contributed by atoms with E-state index in [1.165, 1.54) is 28.8 Å². The van der Waals surface area contributed by atoms with Crippen molar-refractivity contribution in [3.05, 3.63) is 125 Å². The predicted octanol–water partition coefficient (Wildman–Crippen LogP) is 8.29. The minimum absolute atomic E-state index is 0.358. The van der Waals surface area contributed by atoms with Crippen molar-refractivity contribution in [1.29, 1.82) is 0 Å². The molecule has 2 nitrogen and oxygen atoms in total. The summed E-state index contributed by atoms with van der Waals surface area (Å²) in [7, 11) is 0. The van der Waals surface area contributed by atoms with Gasteiger partial charge < -0.3 is 5.73 Å². The Morgan fingerprint density at radius 1 is 0.750 bits per heavy atom. The molecule has 0 spiro atoms. The first kappa shape index (κ1) is 25.6. The molecule has 2 N–H and O–H groups in total. The van der Waals surface area contributed by atoms with Crippen LogP contribution in [-0.2, 0) is 12.6 Å². The standard InChI is InChI=1S/C31H31F3N2/c1-20(2)24-8-5-9-25(19-24)21(3)17-22-7-4-10-26(18-22)30(35)29-12-6-11-28(36-29)23-13-15-27(16-14-23)31(32,33)34/h4-16,18-21,30H,17,35H2,1-3H3. The van der Waals surface area contributed by atoms with Gasteiger partial charge in [0, 0.05) is 5.56 Å². The fourth-order valence-electron chi connectivity index (χ4n) is 4.40. The molecule has 2 unspecified atom stereocenters. The van der Waals surface area contributed by atoms with Crippen LogP contribution in [0.2, 0.25) is 0 Å². The molecule has 1 heterocycles. The van der Waals surface area contributed by atoms with E-state index in [0.29, 0.717) is 28.8 Å². The van der Waals surface area contributed by atoms with Crippen LogP contribution in [0, 0.1) is 0 Å². The van der Waals surface area contributed by atoms with Crippen molar-refractivity contribution in [2.45, 2.75) is 51.2 Å². The van der Waals surface area contributed by atoms with Crippen LogP contribution in [0.1, 0.15) is 72.2 Å². The molecule has 4 aromatic rings. The van der Waals surface area contributed by atoms with Gasteiger partial charge in [0.2, 0.25) is 0 Å². The van der Waals surface area contributed by atoms with Crippen molar-refractivity contribution in [1.82, 2.24) is 4.98 Å². The number of nitrogens with zero attached hydrogens (tertiary/aromatic N) is 1. The highest BCUT2D eigenvalue weighted by Crippen LogP contribution is 2.31. The summed E-state index contributed by atoms with van der Waals surface area (Å²) in [5.41, 5.74) is 12.6. The molecule has 186 valence electrons. The zero-order chi connectivity index (χ0) is 25.9.